The molecule has 1 atom stereocenters. The van der Waals surface area contributed by atoms with Crippen LogP contribution in [0.5, 0.6) is 5.75 Å². The van der Waals surface area contributed by atoms with Crippen LogP contribution in [0.15, 0.2) is 60.9 Å². The van der Waals surface area contributed by atoms with Crippen molar-refractivity contribution >= 4 is 22.8 Å². The van der Waals surface area contributed by atoms with Gasteiger partial charge in [-0.1, -0.05) is 43.7 Å². The van der Waals surface area contributed by atoms with Crippen LogP contribution in [0.4, 0.5) is 0 Å². The Hall–Kier alpha value is -3.14. The average molecular weight is 431 g/mol. The summed E-state index contributed by atoms with van der Waals surface area (Å²) < 4.78 is 5.54. The number of nitrogens with zero attached hydrogens (tertiary/aromatic N) is 1. The van der Waals surface area contributed by atoms with Crippen LogP contribution in [0.1, 0.15) is 56.2 Å². The fourth-order valence-electron chi connectivity index (χ4n) is 4.06. The number of aromatic nitrogens is 1. The first-order valence-electron chi connectivity index (χ1n) is 11.6. The zero-order valence-corrected chi connectivity index (χ0v) is 19.4. The normalized spacial score (nSPS) is 12.2. The Balaban J connectivity index is 1.65. The van der Waals surface area contributed by atoms with Gasteiger partial charge in [0, 0.05) is 29.9 Å². The molecule has 1 heterocycles. The monoisotopic (exact) mass is 430 g/mol. The fourth-order valence-corrected chi connectivity index (χ4v) is 4.06. The lowest BCUT2D eigenvalue weighted by Crippen LogP contribution is -2.31. The summed E-state index contributed by atoms with van der Waals surface area (Å²) in [5.41, 5.74) is 3.61. The molecule has 4 heteroatoms. The maximum Gasteiger partial charge on any atom is 0.244 e. The van der Waals surface area contributed by atoms with Crippen molar-refractivity contribution in [3.63, 3.8) is 0 Å². The number of aryl methyl sites for hydroxylation is 2. The molecule has 2 aromatic carbocycles. The average Bonchev–Trinajstić information content (AvgIpc) is 2.81. The zero-order chi connectivity index (χ0) is 22.8. The maximum absolute atomic E-state index is 12.5. The molecule has 0 saturated carbocycles. The summed E-state index contributed by atoms with van der Waals surface area (Å²) in [6.45, 7) is 4.26. The van der Waals surface area contributed by atoms with Crippen LogP contribution in [0.25, 0.3) is 16.8 Å². The molecule has 0 aliphatic rings. The predicted octanol–water partition coefficient (Wildman–Crippen LogP) is 6.13. The lowest BCUT2D eigenvalue weighted by molar-refractivity contribution is -0.117. The number of pyridine rings is 1. The third kappa shape index (κ3) is 6.43. The van der Waals surface area contributed by atoms with Gasteiger partial charge in [-0.3, -0.25) is 9.78 Å². The lowest BCUT2D eigenvalue weighted by atomic mass is 9.94. The lowest BCUT2D eigenvalue weighted by Gasteiger charge is -2.14. The molecule has 4 nitrogen and oxygen atoms in total. The first-order chi connectivity index (χ1) is 15.6. The van der Waals surface area contributed by atoms with E-state index < -0.39 is 0 Å². The fraction of sp³-hybridized carbons (Fsp3) is 0.357. The Morgan fingerprint density at radius 1 is 1.09 bits per heavy atom. The number of amides is 1. The minimum Gasteiger partial charge on any atom is -0.496 e. The molecule has 1 amide bonds. The highest BCUT2D eigenvalue weighted by Crippen LogP contribution is 2.31. The highest BCUT2D eigenvalue weighted by Gasteiger charge is 2.10. The van der Waals surface area contributed by atoms with Crippen LogP contribution >= 0.6 is 0 Å². The number of nitrogens with one attached hydrogen (secondary N) is 1. The van der Waals surface area contributed by atoms with E-state index in [1.165, 1.54) is 16.5 Å². The van der Waals surface area contributed by atoms with Gasteiger partial charge in [-0.25, -0.2) is 0 Å². The number of hydrogen-bond acceptors (Lipinski definition) is 3. The molecule has 0 fully saturated rings. The Morgan fingerprint density at radius 2 is 1.97 bits per heavy atom. The van der Waals surface area contributed by atoms with Gasteiger partial charge in [0.25, 0.3) is 0 Å². The van der Waals surface area contributed by atoms with Crippen molar-refractivity contribution in [1.82, 2.24) is 10.3 Å². The molecule has 32 heavy (non-hydrogen) atoms. The van der Waals surface area contributed by atoms with Gasteiger partial charge >= 0.3 is 0 Å². The summed E-state index contributed by atoms with van der Waals surface area (Å²) in [5, 5.41) is 5.41. The van der Waals surface area contributed by atoms with Gasteiger partial charge in [-0.2, -0.15) is 0 Å². The van der Waals surface area contributed by atoms with Crippen molar-refractivity contribution in [2.45, 2.75) is 58.4 Å². The molecule has 0 aliphatic carbocycles. The zero-order valence-electron chi connectivity index (χ0n) is 19.4. The largest absolute Gasteiger partial charge is 0.496 e. The van der Waals surface area contributed by atoms with Crippen LogP contribution in [0.3, 0.4) is 0 Å². The molecule has 0 bridgehead atoms. The van der Waals surface area contributed by atoms with E-state index in [-0.39, 0.29) is 11.9 Å². The van der Waals surface area contributed by atoms with Crippen LogP contribution in [0.2, 0.25) is 0 Å². The van der Waals surface area contributed by atoms with Crippen LogP contribution in [0, 0.1) is 0 Å². The van der Waals surface area contributed by atoms with Crippen molar-refractivity contribution in [2.75, 3.05) is 7.11 Å². The van der Waals surface area contributed by atoms with Crippen LogP contribution in [-0.2, 0) is 17.6 Å². The third-order valence-electron chi connectivity index (χ3n) is 5.80. The minimum atomic E-state index is -0.0499. The third-order valence-corrected chi connectivity index (χ3v) is 5.80. The van der Waals surface area contributed by atoms with E-state index in [2.05, 4.69) is 48.4 Å². The highest BCUT2D eigenvalue weighted by atomic mass is 16.5. The second kappa shape index (κ2) is 12.0. The topological polar surface area (TPSA) is 51.2 Å². The number of carbonyl (C=O) groups is 1. The van der Waals surface area contributed by atoms with Gasteiger partial charge in [0.15, 0.2) is 0 Å². The maximum atomic E-state index is 12.5. The summed E-state index contributed by atoms with van der Waals surface area (Å²) in [6, 6.07) is 14.5. The first kappa shape index (κ1) is 23.5. The number of unbranched alkanes of at least 4 members (excludes halogenated alkanes) is 1. The number of fused-ring (bicyclic) bond motifs is 1. The van der Waals surface area contributed by atoms with E-state index in [0.717, 1.165) is 55.2 Å². The highest BCUT2D eigenvalue weighted by molar-refractivity contribution is 5.96. The summed E-state index contributed by atoms with van der Waals surface area (Å²) >= 11 is 0. The van der Waals surface area contributed by atoms with E-state index in [4.69, 9.17) is 4.74 Å². The van der Waals surface area contributed by atoms with Crippen molar-refractivity contribution in [3.05, 3.63) is 77.6 Å². The van der Waals surface area contributed by atoms with Gasteiger partial charge in [-0.15, -0.1) is 0 Å². The minimum absolute atomic E-state index is 0.0499. The molecule has 0 spiro atoms. The van der Waals surface area contributed by atoms with Crippen molar-refractivity contribution in [1.29, 1.82) is 0 Å². The molecule has 3 aromatic rings. The van der Waals surface area contributed by atoms with E-state index in [1.54, 1.807) is 19.4 Å². The summed E-state index contributed by atoms with van der Waals surface area (Å²) in [7, 11) is 1.70. The van der Waals surface area contributed by atoms with E-state index in [9.17, 15) is 4.79 Å². The SMILES string of the molecule is CCCCc1c(/C=C/C(=O)NC(C)CCCc2cccnc2)ccc2c(OC)cccc12. The predicted molar refractivity (Wildman–Crippen MR) is 133 cm³/mol. The van der Waals surface area contributed by atoms with Crippen LogP contribution < -0.4 is 10.1 Å². The molecule has 1 N–H and O–H groups in total. The van der Waals surface area contributed by atoms with E-state index in [0.29, 0.717) is 0 Å². The second-order valence-corrected chi connectivity index (χ2v) is 8.29. The number of carbonyl (C=O) groups excluding carboxylic acids is 1. The Bertz CT molecular complexity index is 1040. The van der Waals surface area contributed by atoms with Gasteiger partial charge in [-0.05, 0) is 79.3 Å². The first-order valence-corrected chi connectivity index (χ1v) is 11.6. The van der Waals surface area contributed by atoms with Gasteiger partial charge in [0.2, 0.25) is 5.91 Å². The number of methoxy groups -OCH3 is 1. The molecule has 0 radical (unpaired) electrons. The molecular weight excluding hydrogens is 396 g/mol. The van der Waals surface area contributed by atoms with Crippen molar-refractivity contribution in [3.8, 4) is 5.75 Å². The van der Waals surface area contributed by atoms with Crippen molar-refractivity contribution in [2.24, 2.45) is 0 Å². The summed E-state index contributed by atoms with van der Waals surface area (Å²) in [4.78, 5) is 16.7. The van der Waals surface area contributed by atoms with E-state index >= 15 is 0 Å². The molecule has 0 aliphatic heterocycles. The number of hydrogen-bond donors (Lipinski definition) is 1. The number of benzene rings is 2. The summed E-state index contributed by atoms with van der Waals surface area (Å²) in [6.07, 6.45) is 13.4. The number of rotatable bonds is 11. The summed E-state index contributed by atoms with van der Waals surface area (Å²) in [5.74, 6) is 0.833. The molecular formula is C28H34N2O2. The second-order valence-electron chi connectivity index (χ2n) is 8.29. The quantitative estimate of drug-likeness (QED) is 0.373. The Kier molecular flexibility index (Phi) is 8.85. The number of ether oxygens (including phenoxy) is 1. The smallest absolute Gasteiger partial charge is 0.244 e. The standard InChI is InChI=1S/C28H34N2O2/c1-4-5-12-24-23(15-17-26-25(24)13-7-14-27(26)32-3)16-18-28(31)30-21(2)9-6-10-22-11-8-19-29-20-22/h7-8,11,13-21H,4-6,9-10,12H2,1-3H3,(H,30,31)/b18-16+. The molecule has 1 unspecified atom stereocenters. The Labute approximate surface area is 191 Å². The Morgan fingerprint density at radius 3 is 2.72 bits per heavy atom. The molecule has 168 valence electrons. The molecule has 3 rings (SSSR count). The van der Waals surface area contributed by atoms with Gasteiger partial charge in [0.05, 0.1) is 7.11 Å². The molecule has 0 saturated heterocycles. The molecule has 1 aromatic heterocycles. The van der Waals surface area contributed by atoms with E-state index in [1.807, 2.05) is 30.5 Å². The van der Waals surface area contributed by atoms with Crippen LogP contribution in [-0.4, -0.2) is 24.0 Å². The van der Waals surface area contributed by atoms with Crippen molar-refractivity contribution < 1.29 is 9.53 Å². The van der Waals surface area contributed by atoms with Gasteiger partial charge < -0.3 is 10.1 Å². The van der Waals surface area contributed by atoms with Gasteiger partial charge in [0.1, 0.15) is 5.75 Å².